The Morgan fingerprint density at radius 1 is 0.352 bits per heavy atom. The van der Waals surface area contributed by atoms with Crippen molar-refractivity contribution in [3.8, 4) is 44.8 Å². The van der Waals surface area contributed by atoms with E-state index in [0.717, 1.165) is 61.0 Å². The van der Waals surface area contributed by atoms with Gasteiger partial charge >= 0.3 is 0 Å². The van der Waals surface area contributed by atoms with Gasteiger partial charge in [-0.1, -0.05) is 146 Å². The van der Waals surface area contributed by atoms with Gasteiger partial charge in [-0.2, -0.15) is 0 Å². The minimum atomic E-state index is 0.624. The average molecular weight is 691 g/mol. The second-order valence-corrected chi connectivity index (χ2v) is 13.6. The quantitative estimate of drug-likeness (QED) is 0.167. The zero-order valence-electron chi connectivity index (χ0n) is 29.4. The molecule has 0 aliphatic heterocycles. The van der Waals surface area contributed by atoms with Crippen LogP contribution in [0, 0.1) is 0 Å². The van der Waals surface area contributed by atoms with Crippen LogP contribution >= 0.6 is 0 Å². The van der Waals surface area contributed by atoms with Gasteiger partial charge in [0.15, 0.2) is 5.58 Å². The fraction of sp³-hybridized carbons (Fsp3) is 0. The lowest BCUT2D eigenvalue weighted by Crippen LogP contribution is -2.09. The molecular formula is C51H34N2O. The number of rotatable bonds is 7. The first-order chi connectivity index (χ1) is 26.7. The lowest BCUT2D eigenvalue weighted by Gasteiger charge is -2.26. The topological polar surface area (TPSA) is 29.3 Å². The molecule has 0 N–H and O–H groups in total. The van der Waals surface area contributed by atoms with Gasteiger partial charge in [0.1, 0.15) is 5.52 Å². The molecule has 0 amide bonds. The maximum Gasteiger partial charge on any atom is 0.227 e. The standard InChI is InChI=1S/C51H34N2O/c1-4-12-35(13-5-1)37-22-27-44(28-23-37)53(45-29-24-38(25-30-45)36-14-6-2-7-15-36)46-31-26-39-20-21-42(32-43(39)33-46)48-34-41-18-10-11-19-47(41)49-50(48)54-51(52-49)40-16-8-3-9-17-40/h1-34H. The van der Waals surface area contributed by atoms with Crippen LogP contribution in [0.2, 0.25) is 0 Å². The van der Waals surface area contributed by atoms with Gasteiger partial charge in [-0.25, -0.2) is 4.98 Å². The van der Waals surface area contributed by atoms with Crippen molar-refractivity contribution < 1.29 is 4.42 Å². The second kappa shape index (κ2) is 13.4. The monoisotopic (exact) mass is 690 g/mol. The zero-order valence-corrected chi connectivity index (χ0v) is 29.4. The Morgan fingerprint density at radius 3 is 1.48 bits per heavy atom. The van der Waals surface area contributed by atoms with Crippen molar-refractivity contribution in [3.05, 3.63) is 206 Å². The van der Waals surface area contributed by atoms with Crippen molar-refractivity contribution in [1.29, 1.82) is 0 Å². The molecule has 0 spiro atoms. The Kier molecular flexibility index (Phi) is 7.81. The van der Waals surface area contributed by atoms with Gasteiger partial charge in [-0.05, 0) is 105 Å². The van der Waals surface area contributed by atoms with Crippen LogP contribution in [-0.2, 0) is 0 Å². The fourth-order valence-electron chi connectivity index (χ4n) is 7.52. The van der Waals surface area contributed by atoms with Gasteiger partial charge < -0.3 is 9.32 Å². The molecule has 9 aromatic carbocycles. The molecule has 0 saturated heterocycles. The van der Waals surface area contributed by atoms with E-state index in [9.17, 15) is 0 Å². The largest absolute Gasteiger partial charge is 0.435 e. The Bertz CT molecular complexity index is 2820. The van der Waals surface area contributed by atoms with Crippen LogP contribution in [0.5, 0.6) is 0 Å². The molecule has 0 bridgehead atoms. The molecule has 10 aromatic rings. The summed E-state index contributed by atoms with van der Waals surface area (Å²) < 4.78 is 6.60. The molecular weight excluding hydrogens is 657 g/mol. The first-order valence-corrected chi connectivity index (χ1v) is 18.3. The number of aromatic nitrogens is 1. The predicted octanol–water partition coefficient (Wildman–Crippen LogP) is 14.3. The van der Waals surface area contributed by atoms with Crippen molar-refractivity contribution in [2.45, 2.75) is 0 Å². The summed E-state index contributed by atoms with van der Waals surface area (Å²) in [5.74, 6) is 0.624. The molecule has 0 saturated carbocycles. The summed E-state index contributed by atoms with van der Waals surface area (Å²) in [6.07, 6.45) is 0. The number of hydrogen-bond acceptors (Lipinski definition) is 3. The van der Waals surface area contributed by atoms with Gasteiger partial charge in [0, 0.05) is 33.6 Å². The number of benzene rings is 9. The van der Waals surface area contributed by atoms with E-state index < -0.39 is 0 Å². The van der Waals surface area contributed by atoms with Crippen LogP contribution in [0.1, 0.15) is 0 Å². The van der Waals surface area contributed by atoms with Crippen molar-refractivity contribution >= 4 is 49.7 Å². The van der Waals surface area contributed by atoms with E-state index >= 15 is 0 Å². The Morgan fingerprint density at radius 2 is 0.852 bits per heavy atom. The van der Waals surface area contributed by atoms with E-state index in [1.807, 2.05) is 30.3 Å². The fourth-order valence-corrected chi connectivity index (χ4v) is 7.52. The molecule has 1 aromatic heterocycles. The number of oxazole rings is 1. The highest BCUT2D eigenvalue weighted by Crippen LogP contribution is 2.41. The van der Waals surface area contributed by atoms with Crippen molar-refractivity contribution in [1.82, 2.24) is 4.98 Å². The van der Waals surface area contributed by atoms with Crippen LogP contribution in [0.3, 0.4) is 0 Å². The van der Waals surface area contributed by atoms with Gasteiger partial charge in [0.05, 0.1) is 0 Å². The summed E-state index contributed by atoms with van der Waals surface area (Å²) in [5.41, 5.74) is 12.8. The average Bonchev–Trinajstić information content (AvgIpc) is 3.71. The normalized spacial score (nSPS) is 11.3. The molecule has 0 aliphatic carbocycles. The summed E-state index contributed by atoms with van der Waals surface area (Å²) in [6.45, 7) is 0. The van der Waals surface area contributed by atoms with Crippen LogP contribution in [-0.4, -0.2) is 4.98 Å². The molecule has 0 aliphatic rings. The van der Waals surface area contributed by atoms with Gasteiger partial charge in [-0.15, -0.1) is 0 Å². The van der Waals surface area contributed by atoms with Crippen LogP contribution in [0.25, 0.3) is 77.5 Å². The molecule has 3 heteroatoms. The molecule has 1 heterocycles. The van der Waals surface area contributed by atoms with Gasteiger partial charge in [0.25, 0.3) is 0 Å². The molecule has 54 heavy (non-hydrogen) atoms. The maximum atomic E-state index is 6.60. The molecule has 3 nitrogen and oxygen atoms in total. The van der Waals surface area contributed by atoms with Crippen LogP contribution < -0.4 is 4.90 Å². The van der Waals surface area contributed by atoms with Gasteiger partial charge in [0.2, 0.25) is 5.89 Å². The Hall–Kier alpha value is -7.23. The second-order valence-electron chi connectivity index (χ2n) is 13.6. The Labute approximate surface area is 314 Å². The first kappa shape index (κ1) is 31.5. The summed E-state index contributed by atoms with van der Waals surface area (Å²) in [5, 5.41) is 4.52. The number of fused-ring (bicyclic) bond motifs is 4. The third kappa shape index (κ3) is 5.78. The number of nitrogens with zero attached hydrogens (tertiary/aromatic N) is 2. The van der Waals surface area contributed by atoms with Gasteiger partial charge in [-0.3, -0.25) is 0 Å². The van der Waals surface area contributed by atoms with E-state index in [0.29, 0.717) is 5.89 Å². The zero-order chi connectivity index (χ0) is 35.8. The van der Waals surface area contributed by atoms with E-state index in [4.69, 9.17) is 9.40 Å². The van der Waals surface area contributed by atoms with Crippen molar-refractivity contribution in [3.63, 3.8) is 0 Å². The van der Waals surface area contributed by atoms with Crippen molar-refractivity contribution in [2.75, 3.05) is 4.90 Å². The molecule has 0 unspecified atom stereocenters. The molecule has 10 rings (SSSR count). The van der Waals surface area contributed by atoms with Crippen LogP contribution in [0.15, 0.2) is 211 Å². The van der Waals surface area contributed by atoms with E-state index in [1.54, 1.807) is 0 Å². The number of hydrogen-bond donors (Lipinski definition) is 0. The number of anilines is 3. The molecule has 254 valence electrons. The molecule has 0 fully saturated rings. The summed E-state index contributed by atoms with van der Waals surface area (Å²) >= 11 is 0. The smallest absolute Gasteiger partial charge is 0.227 e. The maximum absolute atomic E-state index is 6.60. The SMILES string of the molecule is c1ccc(-c2ccc(N(c3ccc(-c4ccccc4)cc3)c3ccc4ccc(-c5cc6ccccc6c6nc(-c7ccccc7)oc56)cc4c3)cc2)cc1. The highest BCUT2D eigenvalue weighted by Gasteiger charge is 2.18. The third-order valence-corrected chi connectivity index (χ3v) is 10.3. The van der Waals surface area contributed by atoms with Crippen molar-refractivity contribution in [2.24, 2.45) is 0 Å². The lowest BCUT2D eigenvalue weighted by atomic mass is 9.97. The highest BCUT2D eigenvalue weighted by atomic mass is 16.3. The summed E-state index contributed by atoms with van der Waals surface area (Å²) in [4.78, 5) is 7.38. The summed E-state index contributed by atoms with van der Waals surface area (Å²) in [7, 11) is 0. The van der Waals surface area contributed by atoms with E-state index in [1.165, 1.54) is 27.6 Å². The van der Waals surface area contributed by atoms with E-state index in [-0.39, 0.29) is 0 Å². The minimum Gasteiger partial charge on any atom is -0.435 e. The molecule has 0 atom stereocenters. The Balaban J connectivity index is 1.10. The lowest BCUT2D eigenvalue weighted by molar-refractivity contribution is 0.621. The molecule has 0 radical (unpaired) electrons. The summed E-state index contributed by atoms with van der Waals surface area (Å²) in [6, 6.07) is 73.0. The highest BCUT2D eigenvalue weighted by molar-refractivity contribution is 6.11. The minimum absolute atomic E-state index is 0.624. The van der Waals surface area contributed by atoms with Crippen LogP contribution in [0.4, 0.5) is 17.1 Å². The third-order valence-electron chi connectivity index (χ3n) is 10.3. The van der Waals surface area contributed by atoms with E-state index in [2.05, 4.69) is 181 Å². The first-order valence-electron chi connectivity index (χ1n) is 18.3. The predicted molar refractivity (Wildman–Crippen MR) is 225 cm³/mol.